The molecule has 4 heteroatoms. The Labute approximate surface area is 104 Å². The first-order valence-electron chi connectivity index (χ1n) is 4.83. The molecule has 0 spiro atoms. The summed E-state index contributed by atoms with van der Waals surface area (Å²) in [6.07, 6.45) is 3.50. The molecule has 0 aliphatic carbocycles. The van der Waals surface area contributed by atoms with E-state index in [0.717, 1.165) is 11.3 Å². The minimum absolute atomic E-state index is 0.630. The average molecular weight is 253 g/mol. The maximum atomic E-state index is 6.05. The summed E-state index contributed by atoms with van der Waals surface area (Å²) in [7, 11) is 0. The second-order valence-electron chi connectivity index (χ2n) is 3.33. The highest BCUT2D eigenvalue weighted by Gasteiger charge is 2.01. The van der Waals surface area contributed by atoms with E-state index in [1.54, 1.807) is 24.5 Å². The average Bonchev–Trinajstić information content (AvgIpc) is 2.32. The Kier molecular flexibility index (Phi) is 3.65. The number of hydrogen-bond donors (Lipinski definition) is 1. The zero-order valence-electron chi connectivity index (χ0n) is 8.45. The summed E-state index contributed by atoms with van der Waals surface area (Å²) in [4.78, 5) is 4.02. The highest BCUT2D eigenvalue weighted by molar-refractivity contribution is 6.33. The fraction of sp³-hybridized carbons (Fsp3) is 0.0833. The van der Waals surface area contributed by atoms with Crippen molar-refractivity contribution in [1.82, 2.24) is 4.98 Å². The van der Waals surface area contributed by atoms with Gasteiger partial charge >= 0.3 is 0 Å². The van der Waals surface area contributed by atoms with Crippen LogP contribution in [0.2, 0.25) is 10.0 Å². The molecule has 0 aliphatic rings. The van der Waals surface area contributed by atoms with Crippen molar-refractivity contribution in [2.75, 3.05) is 5.32 Å². The molecule has 0 amide bonds. The van der Waals surface area contributed by atoms with Gasteiger partial charge in [0.25, 0.3) is 0 Å². The van der Waals surface area contributed by atoms with Crippen molar-refractivity contribution < 1.29 is 0 Å². The standard InChI is InChI=1S/C12H10Cl2N2/c13-10-3-4-12(14)9(6-10)7-16-11-2-1-5-15-8-11/h1-6,8,16H,7H2. The Bertz CT molecular complexity index is 472. The van der Waals surface area contributed by atoms with Gasteiger partial charge in [0.2, 0.25) is 0 Å². The second-order valence-corrected chi connectivity index (χ2v) is 4.17. The van der Waals surface area contributed by atoms with Crippen LogP contribution in [0.1, 0.15) is 5.56 Å². The number of benzene rings is 1. The van der Waals surface area contributed by atoms with Crippen molar-refractivity contribution in [2.45, 2.75) is 6.54 Å². The summed E-state index contributed by atoms with van der Waals surface area (Å²) in [5, 5.41) is 4.62. The Morgan fingerprint density at radius 3 is 2.81 bits per heavy atom. The lowest BCUT2D eigenvalue weighted by molar-refractivity contribution is 1.14. The van der Waals surface area contributed by atoms with Gasteiger partial charge in [0.15, 0.2) is 0 Å². The van der Waals surface area contributed by atoms with Gasteiger partial charge in [-0.15, -0.1) is 0 Å². The number of halogens is 2. The van der Waals surface area contributed by atoms with Crippen molar-refractivity contribution in [2.24, 2.45) is 0 Å². The SMILES string of the molecule is Clc1ccc(Cl)c(CNc2cccnc2)c1. The maximum absolute atomic E-state index is 6.05. The molecular formula is C12H10Cl2N2. The minimum atomic E-state index is 0.630. The smallest absolute Gasteiger partial charge is 0.0529 e. The van der Waals surface area contributed by atoms with Gasteiger partial charge in [0.05, 0.1) is 5.69 Å². The zero-order chi connectivity index (χ0) is 11.4. The van der Waals surface area contributed by atoms with Gasteiger partial charge in [-0.05, 0) is 35.9 Å². The monoisotopic (exact) mass is 252 g/mol. The third kappa shape index (κ3) is 2.87. The lowest BCUT2D eigenvalue weighted by atomic mass is 10.2. The molecule has 0 bridgehead atoms. The van der Waals surface area contributed by atoms with E-state index in [9.17, 15) is 0 Å². The summed E-state index contributed by atoms with van der Waals surface area (Å²) in [6.45, 7) is 0.630. The van der Waals surface area contributed by atoms with Crippen LogP contribution in [0.3, 0.4) is 0 Å². The molecule has 2 nitrogen and oxygen atoms in total. The van der Waals surface area contributed by atoms with Gasteiger partial charge in [-0.25, -0.2) is 0 Å². The van der Waals surface area contributed by atoms with Crippen LogP contribution in [0, 0.1) is 0 Å². The lowest BCUT2D eigenvalue weighted by Gasteiger charge is -2.07. The Morgan fingerprint density at radius 1 is 1.19 bits per heavy atom. The molecule has 2 rings (SSSR count). The third-order valence-electron chi connectivity index (χ3n) is 2.15. The molecule has 2 aromatic rings. The Balaban J connectivity index is 2.08. The van der Waals surface area contributed by atoms with E-state index in [1.807, 2.05) is 18.2 Å². The Hall–Kier alpha value is -1.25. The van der Waals surface area contributed by atoms with Crippen molar-refractivity contribution in [3.05, 3.63) is 58.3 Å². The number of pyridine rings is 1. The summed E-state index contributed by atoms with van der Waals surface area (Å²) in [5.41, 5.74) is 1.93. The summed E-state index contributed by atoms with van der Waals surface area (Å²) in [6, 6.07) is 9.25. The largest absolute Gasteiger partial charge is 0.380 e. The van der Waals surface area contributed by atoms with E-state index >= 15 is 0 Å². The topological polar surface area (TPSA) is 24.9 Å². The van der Waals surface area contributed by atoms with Gasteiger partial charge in [-0.1, -0.05) is 23.2 Å². The van der Waals surface area contributed by atoms with Gasteiger partial charge < -0.3 is 5.32 Å². The molecule has 1 aromatic heterocycles. The first kappa shape index (κ1) is 11.2. The van der Waals surface area contributed by atoms with Crippen LogP contribution in [0.25, 0.3) is 0 Å². The van der Waals surface area contributed by atoms with E-state index < -0.39 is 0 Å². The van der Waals surface area contributed by atoms with E-state index in [-0.39, 0.29) is 0 Å². The minimum Gasteiger partial charge on any atom is -0.380 e. The van der Waals surface area contributed by atoms with Crippen molar-refractivity contribution in [1.29, 1.82) is 0 Å². The first-order valence-corrected chi connectivity index (χ1v) is 5.59. The van der Waals surface area contributed by atoms with Crippen LogP contribution < -0.4 is 5.32 Å². The highest BCUT2D eigenvalue weighted by Crippen LogP contribution is 2.21. The summed E-state index contributed by atoms with van der Waals surface area (Å²) < 4.78 is 0. The molecular weight excluding hydrogens is 243 g/mol. The Morgan fingerprint density at radius 2 is 2.06 bits per heavy atom. The predicted octanol–water partition coefficient (Wildman–Crippen LogP) is 4.00. The van der Waals surface area contributed by atoms with E-state index in [4.69, 9.17) is 23.2 Å². The molecule has 0 aliphatic heterocycles. The number of rotatable bonds is 3. The van der Waals surface area contributed by atoms with Crippen LogP contribution in [-0.2, 0) is 6.54 Å². The maximum Gasteiger partial charge on any atom is 0.0529 e. The zero-order valence-corrected chi connectivity index (χ0v) is 9.96. The van der Waals surface area contributed by atoms with Crippen molar-refractivity contribution in [3.8, 4) is 0 Å². The molecule has 1 N–H and O–H groups in total. The molecule has 1 aromatic carbocycles. The normalized spacial score (nSPS) is 10.1. The molecule has 1 heterocycles. The van der Waals surface area contributed by atoms with Gasteiger partial charge in [0.1, 0.15) is 0 Å². The van der Waals surface area contributed by atoms with Crippen LogP contribution >= 0.6 is 23.2 Å². The predicted molar refractivity (Wildman–Crippen MR) is 68.0 cm³/mol. The molecule has 0 radical (unpaired) electrons. The molecule has 16 heavy (non-hydrogen) atoms. The second kappa shape index (κ2) is 5.19. The van der Waals surface area contributed by atoms with Gasteiger partial charge in [0, 0.05) is 29.0 Å². The highest BCUT2D eigenvalue weighted by atomic mass is 35.5. The molecule has 82 valence electrons. The van der Waals surface area contributed by atoms with E-state index in [2.05, 4.69) is 10.3 Å². The molecule has 0 unspecified atom stereocenters. The van der Waals surface area contributed by atoms with E-state index in [0.29, 0.717) is 16.6 Å². The molecule has 0 atom stereocenters. The number of hydrogen-bond acceptors (Lipinski definition) is 2. The third-order valence-corrected chi connectivity index (χ3v) is 2.76. The fourth-order valence-electron chi connectivity index (χ4n) is 1.34. The lowest BCUT2D eigenvalue weighted by Crippen LogP contribution is -2.00. The van der Waals surface area contributed by atoms with Crippen LogP contribution in [0.4, 0.5) is 5.69 Å². The van der Waals surface area contributed by atoms with Crippen molar-refractivity contribution >= 4 is 28.9 Å². The molecule has 0 fully saturated rings. The number of nitrogens with one attached hydrogen (secondary N) is 1. The van der Waals surface area contributed by atoms with Gasteiger partial charge in [-0.3, -0.25) is 4.98 Å². The number of nitrogens with zero attached hydrogens (tertiary/aromatic N) is 1. The fourth-order valence-corrected chi connectivity index (χ4v) is 1.72. The van der Waals surface area contributed by atoms with Gasteiger partial charge in [-0.2, -0.15) is 0 Å². The summed E-state index contributed by atoms with van der Waals surface area (Å²) >= 11 is 11.9. The number of aromatic nitrogens is 1. The first-order chi connectivity index (χ1) is 7.75. The van der Waals surface area contributed by atoms with Crippen LogP contribution in [0.15, 0.2) is 42.7 Å². The van der Waals surface area contributed by atoms with Crippen molar-refractivity contribution in [3.63, 3.8) is 0 Å². The number of anilines is 1. The van der Waals surface area contributed by atoms with Crippen LogP contribution in [-0.4, -0.2) is 4.98 Å². The molecule has 0 saturated heterocycles. The summed E-state index contributed by atoms with van der Waals surface area (Å²) in [5.74, 6) is 0. The quantitative estimate of drug-likeness (QED) is 0.894. The molecule has 0 saturated carbocycles. The van der Waals surface area contributed by atoms with Crippen LogP contribution in [0.5, 0.6) is 0 Å². The van der Waals surface area contributed by atoms with E-state index in [1.165, 1.54) is 0 Å².